The van der Waals surface area contributed by atoms with Crippen molar-refractivity contribution in [1.82, 2.24) is 5.32 Å². The van der Waals surface area contributed by atoms with Crippen LogP contribution in [0.1, 0.15) is 27.7 Å². The van der Waals surface area contributed by atoms with Gasteiger partial charge in [-0.3, -0.25) is 9.59 Å². The second kappa shape index (κ2) is 6.68. The summed E-state index contributed by atoms with van der Waals surface area (Å²) in [5.74, 6) is -0.00589. The molecule has 0 spiro atoms. The maximum Gasteiger partial charge on any atom is 0.256 e. The van der Waals surface area contributed by atoms with Crippen LogP contribution in [0.15, 0.2) is 52.9 Å². The molecule has 2 aromatic carbocycles. The molecule has 128 valence electrons. The molecule has 0 bridgehead atoms. The summed E-state index contributed by atoms with van der Waals surface area (Å²) in [6.45, 7) is 1.70. The van der Waals surface area contributed by atoms with E-state index in [0.29, 0.717) is 33.6 Å². The largest absolute Gasteiger partial charge is 0.497 e. The number of rotatable bonds is 5. The number of aryl methyl sites for hydroxylation is 1. The Morgan fingerprint density at radius 1 is 1.16 bits per heavy atom. The monoisotopic (exact) mass is 338 g/mol. The Morgan fingerprint density at radius 2 is 1.88 bits per heavy atom. The zero-order valence-corrected chi connectivity index (χ0v) is 13.9. The third-order valence-electron chi connectivity index (χ3n) is 3.99. The molecular formula is C19H18N2O4. The Hall–Kier alpha value is -3.28. The molecule has 1 aromatic heterocycles. The van der Waals surface area contributed by atoms with Crippen LogP contribution >= 0.6 is 0 Å². The number of nitrogens with two attached hydrogens (primary N) is 1. The van der Waals surface area contributed by atoms with Crippen molar-refractivity contribution in [3.8, 4) is 5.75 Å². The number of furan rings is 1. The van der Waals surface area contributed by atoms with Gasteiger partial charge in [-0.05, 0) is 30.7 Å². The van der Waals surface area contributed by atoms with Crippen molar-refractivity contribution in [2.24, 2.45) is 5.73 Å². The van der Waals surface area contributed by atoms with Crippen LogP contribution < -0.4 is 15.8 Å². The van der Waals surface area contributed by atoms with Crippen LogP contribution in [0, 0.1) is 6.92 Å². The maximum atomic E-state index is 12.8. The molecule has 2 amide bonds. The molecule has 3 N–H and O–H groups in total. The van der Waals surface area contributed by atoms with Crippen LogP contribution in [0.5, 0.6) is 5.75 Å². The number of hydrogen-bond donors (Lipinski definition) is 2. The highest BCUT2D eigenvalue weighted by atomic mass is 16.5. The molecule has 0 radical (unpaired) electrons. The highest BCUT2D eigenvalue weighted by Gasteiger charge is 2.25. The Bertz CT molecular complexity index is 931. The number of amides is 2. The lowest BCUT2D eigenvalue weighted by atomic mass is 10.0. The lowest BCUT2D eigenvalue weighted by Crippen LogP contribution is -2.37. The number of benzene rings is 2. The Morgan fingerprint density at radius 3 is 2.52 bits per heavy atom. The molecule has 0 fully saturated rings. The normalized spacial score (nSPS) is 11.9. The Kier molecular flexibility index (Phi) is 4.43. The molecule has 0 saturated carbocycles. The predicted molar refractivity (Wildman–Crippen MR) is 93.3 cm³/mol. The number of carbonyl (C=O) groups excluding carboxylic acids is 2. The van der Waals surface area contributed by atoms with Crippen LogP contribution in [0.4, 0.5) is 0 Å². The fourth-order valence-electron chi connectivity index (χ4n) is 2.78. The third-order valence-corrected chi connectivity index (χ3v) is 3.99. The smallest absolute Gasteiger partial charge is 0.256 e. The molecule has 3 rings (SSSR count). The number of fused-ring (bicyclic) bond motifs is 1. The Balaban J connectivity index is 1.99. The van der Waals surface area contributed by atoms with Gasteiger partial charge in [0.2, 0.25) is 5.91 Å². The molecule has 0 aliphatic rings. The highest BCUT2D eigenvalue weighted by molar-refractivity contribution is 6.08. The fourth-order valence-corrected chi connectivity index (χ4v) is 2.78. The lowest BCUT2D eigenvalue weighted by molar-refractivity contribution is -0.120. The van der Waals surface area contributed by atoms with Crippen LogP contribution in [0.3, 0.4) is 0 Å². The SMILES string of the molecule is COc1ccc2oc(C)c(C(=O)NC(C(N)=O)c3ccccc3)c2c1. The molecule has 0 aliphatic heterocycles. The van der Waals surface area contributed by atoms with Gasteiger partial charge in [-0.1, -0.05) is 30.3 Å². The molecule has 1 unspecified atom stereocenters. The molecule has 25 heavy (non-hydrogen) atoms. The van der Waals surface area contributed by atoms with Crippen molar-refractivity contribution in [2.75, 3.05) is 7.11 Å². The zero-order valence-electron chi connectivity index (χ0n) is 13.9. The van der Waals surface area contributed by atoms with E-state index in [0.717, 1.165) is 0 Å². The molecule has 1 atom stereocenters. The first-order valence-corrected chi connectivity index (χ1v) is 7.73. The maximum absolute atomic E-state index is 12.8. The average Bonchev–Trinajstić information content (AvgIpc) is 2.94. The van der Waals surface area contributed by atoms with Crippen molar-refractivity contribution in [2.45, 2.75) is 13.0 Å². The summed E-state index contributed by atoms with van der Waals surface area (Å²) >= 11 is 0. The summed E-state index contributed by atoms with van der Waals surface area (Å²) in [5.41, 5.74) is 7.01. The van der Waals surface area contributed by atoms with Crippen molar-refractivity contribution < 1.29 is 18.7 Å². The minimum absolute atomic E-state index is 0.357. The molecular weight excluding hydrogens is 320 g/mol. The van der Waals surface area contributed by atoms with E-state index in [1.165, 1.54) is 0 Å². The number of ether oxygens (including phenoxy) is 1. The van der Waals surface area contributed by atoms with Gasteiger partial charge in [0.25, 0.3) is 5.91 Å². The van der Waals surface area contributed by atoms with Gasteiger partial charge in [0.1, 0.15) is 23.1 Å². The topological polar surface area (TPSA) is 94.6 Å². The van der Waals surface area contributed by atoms with Gasteiger partial charge in [-0.25, -0.2) is 0 Å². The molecule has 0 aliphatic carbocycles. The Labute approximate surface area is 144 Å². The van der Waals surface area contributed by atoms with Crippen LogP contribution in [-0.2, 0) is 4.79 Å². The fraction of sp³-hybridized carbons (Fsp3) is 0.158. The second-order valence-corrected chi connectivity index (χ2v) is 5.61. The van der Waals surface area contributed by atoms with Crippen molar-refractivity contribution >= 4 is 22.8 Å². The average molecular weight is 338 g/mol. The minimum Gasteiger partial charge on any atom is -0.497 e. The highest BCUT2D eigenvalue weighted by Crippen LogP contribution is 2.29. The van der Waals surface area contributed by atoms with Gasteiger partial charge in [-0.15, -0.1) is 0 Å². The minimum atomic E-state index is -0.927. The van der Waals surface area contributed by atoms with Gasteiger partial charge in [0.05, 0.1) is 12.7 Å². The van der Waals surface area contributed by atoms with Crippen molar-refractivity contribution in [1.29, 1.82) is 0 Å². The number of hydrogen-bond acceptors (Lipinski definition) is 4. The molecule has 1 heterocycles. The van der Waals surface area contributed by atoms with E-state index in [4.69, 9.17) is 14.9 Å². The van der Waals surface area contributed by atoms with E-state index >= 15 is 0 Å². The van der Waals surface area contributed by atoms with Crippen LogP contribution in [0.25, 0.3) is 11.0 Å². The van der Waals surface area contributed by atoms with E-state index in [-0.39, 0.29) is 0 Å². The summed E-state index contributed by atoms with van der Waals surface area (Å²) in [5, 5.41) is 3.31. The summed E-state index contributed by atoms with van der Waals surface area (Å²) < 4.78 is 10.8. The first-order chi connectivity index (χ1) is 12.0. The van der Waals surface area contributed by atoms with Crippen LogP contribution in [0.2, 0.25) is 0 Å². The van der Waals surface area contributed by atoms with Gasteiger partial charge in [0, 0.05) is 5.39 Å². The van der Waals surface area contributed by atoms with Crippen molar-refractivity contribution in [3.63, 3.8) is 0 Å². The number of carbonyl (C=O) groups is 2. The lowest BCUT2D eigenvalue weighted by Gasteiger charge is -2.15. The summed E-state index contributed by atoms with van der Waals surface area (Å²) in [6, 6.07) is 13.1. The van der Waals surface area contributed by atoms with E-state index in [1.807, 2.05) is 6.07 Å². The standard InChI is InChI=1S/C19H18N2O4/c1-11-16(14-10-13(24-2)8-9-15(14)25-11)19(23)21-17(18(20)22)12-6-4-3-5-7-12/h3-10,17H,1-2H3,(H2,20,22)(H,21,23). The zero-order chi connectivity index (χ0) is 18.0. The third kappa shape index (κ3) is 3.19. The number of primary amides is 1. The summed E-state index contributed by atoms with van der Waals surface area (Å²) in [6.07, 6.45) is 0. The first-order valence-electron chi connectivity index (χ1n) is 7.73. The van der Waals surface area contributed by atoms with Gasteiger partial charge in [-0.2, -0.15) is 0 Å². The number of methoxy groups -OCH3 is 1. The van der Waals surface area contributed by atoms with Crippen molar-refractivity contribution in [3.05, 3.63) is 65.4 Å². The van der Waals surface area contributed by atoms with E-state index in [1.54, 1.807) is 56.5 Å². The van der Waals surface area contributed by atoms with E-state index in [9.17, 15) is 9.59 Å². The van der Waals surface area contributed by atoms with Gasteiger partial charge >= 0.3 is 0 Å². The predicted octanol–water partition coefficient (Wildman–Crippen LogP) is 2.71. The quantitative estimate of drug-likeness (QED) is 0.748. The van der Waals surface area contributed by atoms with E-state index in [2.05, 4.69) is 5.32 Å². The molecule has 0 saturated heterocycles. The summed E-state index contributed by atoms with van der Waals surface area (Å²) in [4.78, 5) is 24.6. The second-order valence-electron chi connectivity index (χ2n) is 5.61. The molecule has 3 aromatic rings. The van der Waals surface area contributed by atoms with Crippen LogP contribution in [-0.4, -0.2) is 18.9 Å². The van der Waals surface area contributed by atoms with Gasteiger partial charge in [0.15, 0.2) is 0 Å². The molecule has 6 nitrogen and oxygen atoms in total. The molecule has 6 heteroatoms. The number of nitrogens with one attached hydrogen (secondary N) is 1. The summed E-state index contributed by atoms with van der Waals surface area (Å²) in [7, 11) is 1.55. The van der Waals surface area contributed by atoms with Gasteiger partial charge < -0.3 is 20.2 Å². The first kappa shape index (κ1) is 16.6. The van der Waals surface area contributed by atoms with E-state index < -0.39 is 17.9 Å².